The summed E-state index contributed by atoms with van der Waals surface area (Å²) in [5.41, 5.74) is 7.39. The standard InChI is InChI=1S/C20H21FN2O2/c21-17-8-6-15(7-9-17)19(24)12-18-5-2-10-23(18)13-14-3-1-4-16(11-14)20(22)25/h1,3-4,6-9,11,18H,2,5,10,12-13H2,(H2,22,25)/t18-/m0/s1. The fraction of sp³-hybridized carbons (Fsp3) is 0.300. The van der Waals surface area contributed by atoms with E-state index in [1.54, 1.807) is 12.1 Å². The molecule has 4 nitrogen and oxygen atoms in total. The van der Waals surface area contributed by atoms with Gasteiger partial charge in [0.1, 0.15) is 5.82 Å². The van der Waals surface area contributed by atoms with Crippen molar-refractivity contribution in [2.75, 3.05) is 6.54 Å². The summed E-state index contributed by atoms with van der Waals surface area (Å²) in [5.74, 6) is -0.748. The molecule has 2 aromatic rings. The van der Waals surface area contributed by atoms with Crippen LogP contribution in [0.5, 0.6) is 0 Å². The number of halogens is 1. The molecule has 1 amide bonds. The molecule has 1 atom stereocenters. The highest BCUT2D eigenvalue weighted by molar-refractivity contribution is 5.96. The summed E-state index contributed by atoms with van der Waals surface area (Å²) in [6, 6.07) is 13.2. The van der Waals surface area contributed by atoms with Gasteiger partial charge >= 0.3 is 0 Å². The molecule has 0 radical (unpaired) electrons. The summed E-state index contributed by atoms with van der Waals surface area (Å²) in [6.45, 7) is 1.60. The third kappa shape index (κ3) is 4.31. The Morgan fingerprint density at radius 3 is 2.60 bits per heavy atom. The van der Waals surface area contributed by atoms with Gasteiger partial charge in [-0.1, -0.05) is 12.1 Å². The second kappa shape index (κ2) is 7.57. The third-order valence-corrected chi connectivity index (χ3v) is 4.68. The smallest absolute Gasteiger partial charge is 0.248 e. The van der Waals surface area contributed by atoms with Gasteiger partial charge < -0.3 is 5.73 Å². The van der Waals surface area contributed by atoms with Crippen LogP contribution in [0.25, 0.3) is 0 Å². The molecule has 0 unspecified atom stereocenters. The van der Waals surface area contributed by atoms with Gasteiger partial charge in [-0.15, -0.1) is 0 Å². The molecule has 0 bridgehead atoms. The largest absolute Gasteiger partial charge is 0.366 e. The van der Waals surface area contributed by atoms with E-state index in [0.29, 0.717) is 24.1 Å². The molecule has 2 aromatic carbocycles. The van der Waals surface area contributed by atoms with Crippen LogP contribution >= 0.6 is 0 Å². The topological polar surface area (TPSA) is 63.4 Å². The zero-order valence-corrected chi connectivity index (χ0v) is 14.0. The summed E-state index contributed by atoms with van der Waals surface area (Å²) in [6.07, 6.45) is 2.42. The molecule has 1 aliphatic heterocycles. The number of hydrogen-bond acceptors (Lipinski definition) is 3. The first kappa shape index (κ1) is 17.3. The number of carbonyl (C=O) groups is 2. The normalized spacial score (nSPS) is 17.6. The highest BCUT2D eigenvalue weighted by Crippen LogP contribution is 2.24. The lowest BCUT2D eigenvalue weighted by Crippen LogP contribution is -2.31. The first-order valence-electron chi connectivity index (χ1n) is 8.44. The van der Waals surface area contributed by atoms with Gasteiger partial charge in [0.15, 0.2) is 5.78 Å². The second-order valence-electron chi connectivity index (χ2n) is 6.47. The first-order chi connectivity index (χ1) is 12.0. The van der Waals surface area contributed by atoms with Crippen molar-refractivity contribution in [3.05, 3.63) is 71.0 Å². The number of Topliss-reactive ketones (excluding diaryl/α,β-unsaturated/α-hetero) is 1. The molecule has 1 aliphatic rings. The van der Waals surface area contributed by atoms with Crippen LogP contribution in [-0.4, -0.2) is 29.2 Å². The Labute approximate surface area is 146 Å². The summed E-state index contributed by atoms with van der Waals surface area (Å²) in [4.78, 5) is 26.0. The predicted molar refractivity (Wildman–Crippen MR) is 93.7 cm³/mol. The molecule has 25 heavy (non-hydrogen) atoms. The zero-order valence-electron chi connectivity index (χ0n) is 14.0. The van der Waals surface area contributed by atoms with Crippen LogP contribution in [-0.2, 0) is 6.54 Å². The molecule has 3 rings (SSSR count). The maximum absolute atomic E-state index is 13.0. The number of ketones is 1. The summed E-state index contributed by atoms with van der Waals surface area (Å²) >= 11 is 0. The van der Waals surface area contributed by atoms with Gasteiger partial charge in [0.2, 0.25) is 5.91 Å². The lowest BCUT2D eigenvalue weighted by atomic mass is 10.0. The number of hydrogen-bond donors (Lipinski definition) is 1. The monoisotopic (exact) mass is 340 g/mol. The molecule has 0 aromatic heterocycles. The van der Waals surface area contributed by atoms with Crippen molar-refractivity contribution < 1.29 is 14.0 Å². The predicted octanol–water partition coefficient (Wildman–Crippen LogP) is 3.16. The van der Waals surface area contributed by atoms with Crippen LogP contribution < -0.4 is 5.73 Å². The maximum atomic E-state index is 13.0. The molecule has 130 valence electrons. The van der Waals surface area contributed by atoms with Gasteiger partial charge in [0.25, 0.3) is 0 Å². The Morgan fingerprint density at radius 1 is 1.12 bits per heavy atom. The van der Waals surface area contributed by atoms with E-state index >= 15 is 0 Å². The van der Waals surface area contributed by atoms with Crippen molar-refractivity contribution in [2.45, 2.75) is 31.8 Å². The average molecular weight is 340 g/mol. The average Bonchev–Trinajstić information content (AvgIpc) is 3.02. The van der Waals surface area contributed by atoms with Crippen LogP contribution in [0.4, 0.5) is 4.39 Å². The number of rotatable bonds is 6. The van der Waals surface area contributed by atoms with E-state index in [-0.39, 0.29) is 17.6 Å². The molecule has 2 N–H and O–H groups in total. The lowest BCUT2D eigenvalue weighted by Gasteiger charge is -2.24. The number of likely N-dealkylation sites (tertiary alicyclic amines) is 1. The summed E-state index contributed by atoms with van der Waals surface area (Å²) < 4.78 is 13.0. The minimum Gasteiger partial charge on any atom is -0.366 e. The van der Waals surface area contributed by atoms with E-state index < -0.39 is 5.91 Å². The summed E-state index contributed by atoms with van der Waals surface area (Å²) in [5, 5.41) is 0. The Bertz CT molecular complexity index is 774. The Kier molecular flexibility index (Phi) is 5.24. The van der Waals surface area contributed by atoms with Crippen molar-refractivity contribution in [1.29, 1.82) is 0 Å². The van der Waals surface area contributed by atoms with Crippen molar-refractivity contribution in [3.63, 3.8) is 0 Å². The number of nitrogens with two attached hydrogens (primary N) is 1. The lowest BCUT2D eigenvalue weighted by molar-refractivity contribution is 0.0938. The maximum Gasteiger partial charge on any atom is 0.248 e. The van der Waals surface area contributed by atoms with E-state index in [2.05, 4.69) is 4.90 Å². The van der Waals surface area contributed by atoms with E-state index in [1.165, 1.54) is 24.3 Å². The Hall–Kier alpha value is -2.53. The Morgan fingerprint density at radius 2 is 1.88 bits per heavy atom. The highest BCUT2D eigenvalue weighted by Gasteiger charge is 2.27. The van der Waals surface area contributed by atoms with Gasteiger partial charge in [-0.05, 0) is 61.3 Å². The van der Waals surface area contributed by atoms with Crippen molar-refractivity contribution in [1.82, 2.24) is 4.90 Å². The molecule has 0 aliphatic carbocycles. The minimum absolute atomic E-state index is 0.0304. The van der Waals surface area contributed by atoms with Crippen LogP contribution in [0.15, 0.2) is 48.5 Å². The quantitative estimate of drug-likeness (QED) is 0.822. The Balaban J connectivity index is 1.66. The number of nitrogens with zero attached hydrogens (tertiary/aromatic N) is 1. The molecule has 0 saturated carbocycles. The molecular weight excluding hydrogens is 319 g/mol. The number of benzene rings is 2. The minimum atomic E-state index is -0.439. The molecule has 1 fully saturated rings. The van der Waals surface area contributed by atoms with Crippen LogP contribution in [0, 0.1) is 5.82 Å². The first-order valence-corrected chi connectivity index (χ1v) is 8.44. The third-order valence-electron chi connectivity index (χ3n) is 4.68. The van der Waals surface area contributed by atoms with Gasteiger partial charge in [-0.3, -0.25) is 14.5 Å². The van der Waals surface area contributed by atoms with Crippen molar-refractivity contribution in [2.24, 2.45) is 5.73 Å². The second-order valence-corrected chi connectivity index (χ2v) is 6.47. The summed E-state index contributed by atoms with van der Waals surface area (Å²) in [7, 11) is 0. The van der Waals surface area contributed by atoms with Crippen molar-refractivity contribution in [3.8, 4) is 0 Å². The van der Waals surface area contributed by atoms with E-state index in [0.717, 1.165) is 24.9 Å². The molecule has 1 saturated heterocycles. The van der Waals surface area contributed by atoms with Gasteiger partial charge in [0, 0.05) is 30.1 Å². The fourth-order valence-electron chi connectivity index (χ4n) is 3.36. The zero-order chi connectivity index (χ0) is 17.8. The highest BCUT2D eigenvalue weighted by atomic mass is 19.1. The molecule has 1 heterocycles. The van der Waals surface area contributed by atoms with Gasteiger partial charge in [-0.25, -0.2) is 4.39 Å². The number of carbonyl (C=O) groups excluding carboxylic acids is 2. The van der Waals surface area contributed by atoms with Gasteiger partial charge in [-0.2, -0.15) is 0 Å². The van der Waals surface area contributed by atoms with E-state index in [9.17, 15) is 14.0 Å². The van der Waals surface area contributed by atoms with Crippen LogP contribution in [0.3, 0.4) is 0 Å². The molecule has 0 spiro atoms. The fourth-order valence-corrected chi connectivity index (χ4v) is 3.36. The number of amides is 1. The van der Waals surface area contributed by atoms with E-state index in [4.69, 9.17) is 5.73 Å². The van der Waals surface area contributed by atoms with Crippen LogP contribution in [0.1, 0.15) is 45.5 Å². The van der Waals surface area contributed by atoms with E-state index in [1.807, 2.05) is 12.1 Å². The molecular formula is C20H21FN2O2. The number of primary amides is 1. The van der Waals surface area contributed by atoms with Crippen LogP contribution in [0.2, 0.25) is 0 Å². The van der Waals surface area contributed by atoms with Gasteiger partial charge in [0.05, 0.1) is 0 Å². The van der Waals surface area contributed by atoms with Crippen molar-refractivity contribution >= 4 is 11.7 Å². The molecule has 5 heteroatoms. The SMILES string of the molecule is NC(=O)c1cccc(CN2CCC[C@H]2CC(=O)c2ccc(F)cc2)c1.